The van der Waals surface area contributed by atoms with Crippen molar-refractivity contribution in [1.29, 1.82) is 0 Å². The van der Waals surface area contributed by atoms with Gasteiger partial charge in [0, 0.05) is 12.6 Å². The molecule has 0 spiro atoms. The van der Waals surface area contributed by atoms with Crippen molar-refractivity contribution in [2.75, 3.05) is 18.1 Å². The number of hydrogen-bond donors (Lipinski definition) is 2. The molecule has 0 amide bonds. The zero-order valence-corrected chi connectivity index (χ0v) is 16.2. The molecule has 2 aromatic rings. The van der Waals surface area contributed by atoms with Crippen molar-refractivity contribution in [3.63, 3.8) is 0 Å². The highest BCUT2D eigenvalue weighted by Gasteiger charge is 2.28. The largest absolute Gasteiger partial charge is 0.457 e. The number of benzene rings is 2. The predicted molar refractivity (Wildman–Crippen MR) is 108 cm³/mol. The molecule has 0 bridgehead atoms. The van der Waals surface area contributed by atoms with E-state index in [0.717, 1.165) is 23.6 Å². The van der Waals surface area contributed by atoms with Crippen LogP contribution in [0.1, 0.15) is 18.9 Å². The van der Waals surface area contributed by atoms with Crippen molar-refractivity contribution >= 4 is 15.8 Å². The number of sulfone groups is 1. The average Bonchev–Trinajstić information content (AvgIpc) is 3.00. The maximum atomic E-state index is 11.6. The Balaban J connectivity index is 1.58. The molecule has 2 aromatic carbocycles. The Bertz CT molecular complexity index is 865. The first-order chi connectivity index (χ1) is 13.0. The van der Waals surface area contributed by atoms with E-state index in [4.69, 9.17) is 4.74 Å². The van der Waals surface area contributed by atoms with Gasteiger partial charge in [-0.1, -0.05) is 30.3 Å². The number of aliphatic imine (C=N–C) groups is 1. The fourth-order valence-corrected chi connectivity index (χ4v) is 4.55. The molecule has 144 valence electrons. The van der Waals surface area contributed by atoms with Crippen LogP contribution in [0.25, 0.3) is 0 Å². The van der Waals surface area contributed by atoms with Crippen molar-refractivity contribution in [3.05, 3.63) is 60.2 Å². The van der Waals surface area contributed by atoms with Gasteiger partial charge in [-0.3, -0.25) is 0 Å². The predicted octanol–water partition coefficient (Wildman–Crippen LogP) is 2.72. The Hall–Kier alpha value is -2.54. The molecule has 1 atom stereocenters. The zero-order valence-electron chi connectivity index (χ0n) is 15.4. The maximum Gasteiger partial charge on any atom is 0.191 e. The van der Waals surface area contributed by atoms with Gasteiger partial charge in [0.2, 0.25) is 0 Å². The Morgan fingerprint density at radius 2 is 1.81 bits per heavy atom. The summed E-state index contributed by atoms with van der Waals surface area (Å²) in [5.74, 6) is 2.63. The lowest BCUT2D eigenvalue weighted by Crippen LogP contribution is -2.44. The first-order valence-electron chi connectivity index (χ1n) is 9.11. The summed E-state index contributed by atoms with van der Waals surface area (Å²) in [6.45, 7) is 3.20. The van der Waals surface area contributed by atoms with Crippen LogP contribution in [0.3, 0.4) is 0 Å². The summed E-state index contributed by atoms with van der Waals surface area (Å²) >= 11 is 0. The van der Waals surface area contributed by atoms with Crippen LogP contribution in [0.5, 0.6) is 11.5 Å². The first kappa shape index (κ1) is 19.2. The van der Waals surface area contributed by atoms with E-state index < -0.39 is 9.84 Å². The lowest BCUT2D eigenvalue weighted by molar-refractivity contribution is 0.482. The Kier molecular flexibility index (Phi) is 6.34. The third-order valence-corrected chi connectivity index (χ3v) is 6.01. The van der Waals surface area contributed by atoms with E-state index in [0.29, 0.717) is 18.9 Å². The van der Waals surface area contributed by atoms with Crippen LogP contribution in [-0.2, 0) is 16.4 Å². The van der Waals surface area contributed by atoms with Crippen LogP contribution in [0.2, 0.25) is 0 Å². The van der Waals surface area contributed by atoms with Crippen LogP contribution in [-0.4, -0.2) is 38.5 Å². The molecule has 6 nitrogen and oxygen atoms in total. The first-order valence-corrected chi connectivity index (χ1v) is 10.9. The van der Waals surface area contributed by atoms with Crippen molar-refractivity contribution in [1.82, 2.24) is 10.6 Å². The van der Waals surface area contributed by atoms with Gasteiger partial charge >= 0.3 is 0 Å². The number of nitrogens with one attached hydrogen (secondary N) is 2. The minimum atomic E-state index is -2.91. The quantitative estimate of drug-likeness (QED) is 0.588. The monoisotopic (exact) mass is 387 g/mol. The third kappa shape index (κ3) is 5.99. The maximum absolute atomic E-state index is 11.6. The van der Waals surface area contributed by atoms with E-state index in [1.807, 2.05) is 61.5 Å². The second kappa shape index (κ2) is 8.90. The third-order valence-electron chi connectivity index (χ3n) is 4.24. The van der Waals surface area contributed by atoms with Gasteiger partial charge in [-0.15, -0.1) is 0 Å². The van der Waals surface area contributed by atoms with Gasteiger partial charge in [0.15, 0.2) is 15.8 Å². The van der Waals surface area contributed by atoms with Crippen LogP contribution in [0, 0.1) is 0 Å². The van der Waals surface area contributed by atoms with E-state index in [1.165, 1.54) is 0 Å². The second-order valence-corrected chi connectivity index (χ2v) is 8.73. The Morgan fingerprint density at radius 1 is 1.11 bits per heavy atom. The van der Waals surface area contributed by atoms with E-state index in [-0.39, 0.29) is 17.5 Å². The fraction of sp³-hybridized carbons (Fsp3) is 0.350. The van der Waals surface area contributed by atoms with Crippen molar-refractivity contribution in [2.24, 2.45) is 4.99 Å². The fourth-order valence-electron chi connectivity index (χ4n) is 2.88. The van der Waals surface area contributed by atoms with E-state index in [2.05, 4.69) is 15.6 Å². The molecule has 1 aliphatic heterocycles. The molecule has 27 heavy (non-hydrogen) atoms. The minimum Gasteiger partial charge on any atom is -0.457 e. The number of hydrogen-bond acceptors (Lipinski definition) is 4. The van der Waals surface area contributed by atoms with Crippen molar-refractivity contribution < 1.29 is 13.2 Å². The van der Waals surface area contributed by atoms with Gasteiger partial charge in [0.1, 0.15) is 11.5 Å². The number of nitrogens with zero attached hydrogens (tertiary/aromatic N) is 1. The van der Waals surface area contributed by atoms with Gasteiger partial charge in [0.25, 0.3) is 0 Å². The smallest absolute Gasteiger partial charge is 0.191 e. The standard InChI is InChI=1S/C20H25N3O3S/c1-2-21-20(23-17-12-13-27(24,25)15-17)22-14-16-8-10-19(11-9-16)26-18-6-4-3-5-7-18/h3-11,17H,2,12-15H2,1H3,(H2,21,22,23). The van der Waals surface area contributed by atoms with Gasteiger partial charge in [-0.2, -0.15) is 0 Å². The lowest BCUT2D eigenvalue weighted by Gasteiger charge is -2.15. The molecule has 1 aliphatic rings. The molecule has 1 saturated heterocycles. The molecule has 7 heteroatoms. The Labute approximate surface area is 160 Å². The summed E-state index contributed by atoms with van der Waals surface area (Å²) < 4.78 is 29.0. The molecule has 0 aliphatic carbocycles. The van der Waals surface area contributed by atoms with E-state index >= 15 is 0 Å². The topological polar surface area (TPSA) is 79.8 Å². The molecule has 0 saturated carbocycles. The van der Waals surface area contributed by atoms with Gasteiger partial charge in [0.05, 0.1) is 18.1 Å². The SMILES string of the molecule is CCNC(=NCc1ccc(Oc2ccccc2)cc1)NC1CCS(=O)(=O)C1. The summed E-state index contributed by atoms with van der Waals surface area (Å²) in [6, 6.07) is 17.4. The number of guanidine groups is 1. The number of para-hydroxylation sites is 1. The van der Waals surface area contributed by atoms with Gasteiger partial charge < -0.3 is 15.4 Å². The summed E-state index contributed by atoms with van der Waals surface area (Å²) in [4.78, 5) is 4.57. The van der Waals surface area contributed by atoms with Gasteiger partial charge in [-0.25, -0.2) is 13.4 Å². The molecular formula is C20H25N3O3S. The van der Waals surface area contributed by atoms with Gasteiger partial charge in [-0.05, 0) is 43.2 Å². The molecule has 0 aromatic heterocycles. The molecule has 2 N–H and O–H groups in total. The summed E-state index contributed by atoms with van der Waals surface area (Å²) in [5.41, 5.74) is 1.05. The normalized spacial score (nSPS) is 18.9. The minimum absolute atomic E-state index is 0.0746. The molecule has 1 heterocycles. The molecule has 1 unspecified atom stereocenters. The van der Waals surface area contributed by atoms with Crippen molar-refractivity contribution in [3.8, 4) is 11.5 Å². The second-order valence-electron chi connectivity index (χ2n) is 6.50. The molecular weight excluding hydrogens is 362 g/mol. The zero-order chi connectivity index (χ0) is 19.1. The summed E-state index contributed by atoms with van der Waals surface area (Å²) in [7, 11) is -2.91. The number of rotatable bonds is 6. The highest BCUT2D eigenvalue weighted by atomic mass is 32.2. The summed E-state index contributed by atoms with van der Waals surface area (Å²) in [6.07, 6.45) is 0.623. The van der Waals surface area contributed by atoms with Crippen LogP contribution < -0.4 is 15.4 Å². The molecule has 0 radical (unpaired) electrons. The average molecular weight is 388 g/mol. The van der Waals surface area contributed by atoms with Crippen LogP contribution >= 0.6 is 0 Å². The lowest BCUT2D eigenvalue weighted by atomic mass is 10.2. The highest BCUT2D eigenvalue weighted by Crippen LogP contribution is 2.21. The van der Waals surface area contributed by atoms with Crippen LogP contribution in [0.15, 0.2) is 59.6 Å². The van der Waals surface area contributed by atoms with E-state index in [1.54, 1.807) is 0 Å². The van der Waals surface area contributed by atoms with Crippen molar-refractivity contribution in [2.45, 2.75) is 25.9 Å². The Morgan fingerprint density at radius 3 is 2.44 bits per heavy atom. The number of ether oxygens (including phenoxy) is 1. The molecule has 1 fully saturated rings. The van der Waals surface area contributed by atoms with E-state index in [9.17, 15) is 8.42 Å². The highest BCUT2D eigenvalue weighted by molar-refractivity contribution is 7.91. The van der Waals surface area contributed by atoms with Crippen LogP contribution in [0.4, 0.5) is 0 Å². The summed E-state index contributed by atoms with van der Waals surface area (Å²) in [5, 5.41) is 6.39. The molecule has 3 rings (SSSR count).